The number of aromatic nitrogens is 1. The van der Waals surface area contributed by atoms with Gasteiger partial charge in [-0.05, 0) is 24.3 Å². The van der Waals surface area contributed by atoms with Gasteiger partial charge >= 0.3 is 0 Å². The Bertz CT molecular complexity index is 935. The molecule has 0 saturated carbocycles. The van der Waals surface area contributed by atoms with E-state index in [2.05, 4.69) is 4.98 Å². The van der Waals surface area contributed by atoms with Gasteiger partial charge in [0.1, 0.15) is 12.1 Å². The quantitative estimate of drug-likeness (QED) is 0.678. The van der Waals surface area contributed by atoms with Crippen molar-refractivity contribution in [1.82, 2.24) is 4.98 Å². The largest absolute Gasteiger partial charge is 0.444 e. The van der Waals surface area contributed by atoms with Crippen molar-refractivity contribution < 1.29 is 17.2 Å². The Morgan fingerprint density at radius 2 is 1.79 bits per heavy atom. The fraction of sp³-hybridized carbons (Fsp3) is 0.118. The van der Waals surface area contributed by atoms with Crippen LogP contribution in [0.1, 0.15) is 11.3 Å². The molecule has 0 amide bonds. The molecular formula is C17H13ClFNO3S. The van der Waals surface area contributed by atoms with E-state index in [-0.39, 0.29) is 22.0 Å². The van der Waals surface area contributed by atoms with Crippen LogP contribution in [0.2, 0.25) is 5.02 Å². The summed E-state index contributed by atoms with van der Waals surface area (Å²) < 4.78 is 43.7. The average molecular weight is 366 g/mol. The standard InChI is InChI=1S/C17H13ClFNO3S/c18-15-7-4-8-16(19)14(15)11-24(21,22)10-13-9-23-17(20-13)12-5-2-1-3-6-12/h1-9H,10-11H2. The number of hydrogen-bond acceptors (Lipinski definition) is 4. The lowest BCUT2D eigenvalue weighted by Crippen LogP contribution is -2.09. The predicted octanol–water partition coefficient (Wildman–Crippen LogP) is 4.25. The van der Waals surface area contributed by atoms with Crippen molar-refractivity contribution >= 4 is 21.4 Å². The first kappa shape index (κ1) is 16.7. The summed E-state index contributed by atoms with van der Waals surface area (Å²) in [6, 6.07) is 13.2. The molecule has 0 aliphatic rings. The summed E-state index contributed by atoms with van der Waals surface area (Å²) in [5, 5.41) is 0.0868. The Kier molecular flexibility index (Phi) is 4.69. The maximum absolute atomic E-state index is 13.8. The monoisotopic (exact) mass is 365 g/mol. The van der Waals surface area contributed by atoms with E-state index >= 15 is 0 Å². The van der Waals surface area contributed by atoms with Crippen LogP contribution in [0.3, 0.4) is 0 Å². The predicted molar refractivity (Wildman–Crippen MR) is 89.7 cm³/mol. The van der Waals surface area contributed by atoms with Crippen LogP contribution in [0, 0.1) is 5.82 Å². The molecule has 0 spiro atoms. The van der Waals surface area contributed by atoms with E-state index in [1.807, 2.05) is 30.3 Å². The second kappa shape index (κ2) is 6.75. The van der Waals surface area contributed by atoms with E-state index in [4.69, 9.17) is 16.0 Å². The Labute approximate surface area is 143 Å². The average Bonchev–Trinajstić information content (AvgIpc) is 3.00. The highest BCUT2D eigenvalue weighted by atomic mass is 35.5. The van der Waals surface area contributed by atoms with Gasteiger partial charge in [0.05, 0.1) is 17.2 Å². The third-order valence-electron chi connectivity index (χ3n) is 3.37. The van der Waals surface area contributed by atoms with Gasteiger partial charge in [0.25, 0.3) is 0 Å². The van der Waals surface area contributed by atoms with Crippen LogP contribution in [0.25, 0.3) is 11.5 Å². The summed E-state index contributed by atoms with van der Waals surface area (Å²) in [5.41, 5.74) is 0.977. The van der Waals surface area contributed by atoms with Crippen LogP contribution in [0.5, 0.6) is 0 Å². The molecule has 0 radical (unpaired) electrons. The number of hydrogen-bond donors (Lipinski definition) is 0. The van der Waals surface area contributed by atoms with E-state index in [0.717, 1.165) is 5.56 Å². The first-order chi connectivity index (χ1) is 11.4. The van der Waals surface area contributed by atoms with Crippen molar-refractivity contribution in [2.45, 2.75) is 11.5 Å². The molecule has 0 saturated heterocycles. The van der Waals surface area contributed by atoms with Crippen LogP contribution in [-0.2, 0) is 21.3 Å². The van der Waals surface area contributed by atoms with Crippen molar-refractivity contribution in [2.24, 2.45) is 0 Å². The molecule has 0 aliphatic carbocycles. The molecule has 0 unspecified atom stereocenters. The molecule has 124 valence electrons. The van der Waals surface area contributed by atoms with Gasteiger partial charge in [0.2, 0.25) is 5.89 Å². The molecule has 4 nitrogen and oxygen atoms in total. The van der Waals surface area contributed by atoms with E-state index in [1.165, 1.54) is 24.5 Å². The van der Waals surface area contributed by atoms with Gasteiger partial charge in [-0.2, -0.15) is 0 Å². The highest BCUT2D eigenvalue weighted by molar-refractivity contribution is 7.89. The van der Waals surface area contributed by atoms with Crippen molar-refractivity contribution in [3.05, 3.63) is 76.9 Å². The summed E-state index contributed by atoms with van der Waals surface area (Å²) >= 11 is 5.88. The lowest BCUT2D eigenvalue weighted by Gasteiger charge is -2.06. The number of oxazole rings is 1. The second-order valence-electron chi connectivity index (χ2n) is 5.24. The van der Waals surface area contributed by atoms with Gasteiger partial charge < -0.3 is 4.42 Å². The van der Waals surface area contributed by atoms with Gasteiger partial charge in [-0.25, -0.2) is 17.8 Å². The van der Waals surface area contributed by atoms with E-state index < -0.39 is 21.4 Å². The number of nitrogens with zero attached hydrogens (tertiary/aromatic N) is 1. The minimum Gasteiger partial charge on any atom is -0.444 e. The topological polar surface area (TPSA) is 60.2 Å². The molecule has 0 bridgehead atoms. The number of sulfone groups is 1. The van der Waals surface area contributed by atoms with Crippen LogP contribution >= 0.6 is 11.6 Å². The van der Waals surface area contributed by atoms with Crippen LogP contribution < -0.4 is 0 Å². The van der Waals surface area contributed by atoms with Gasteiger partial charge in [-0.3, -0.25) is 0 Å². The maximum atomic E-state index is 13.8. The molecular weight excluding hydrogens is 353 g/mol. The summed E-state index contributed by atoms with van der Waals surface area (Å²) in [7, 11) is -3.65. The Morgan fingerprint density at radius 3 is 2.50 bits per heavy atom. The van der Waals surface area contributed by atoms with Crippen molar-refractivity contribution in [2.75, 3.05) is 0 Å². The zero-order valence-corrected chi connectivity index (χ0v) is 14.0. The molecule has 1 aromatic heterocycles. The van der Waals surface area contributed by atoms with Gasteiger partial charge in [-0.1, -0.05) is 35.9 Å². The minimum atomic E-state index is -3.65. The third-order valence-corrected chi connectivity index (χ3v) is 5.18. The number of benzene rings is 2. The third kappa shape index (κ3) is 3.83. The fourth-order valence-electron chi connectivity index (χ4n) is 2.25. The molecule has 3 aromatic rings. The fourth-order valence-corrected chi connectivity index (χ4v) is 3.98. The lowest BCUT2D eigenvalue weighted by molar-refractivity contribution is 0.571. The lowest BCUT2D eigenvalue weighted by atomic mass is 10.2. The second-order valence-corrected chi connectivity index (χ2v) is 7.71. The summed E-state index contributed by atoms with van der Waals surface area (Å²) in [6.45, 7) is 0. The maximum Gasteiger partial charge on any atom is 0.226 e. The normalized spacial score (nSPS) is 11.6. The highest BCUT2D eigenvalue weighted by Crippen LogP contribution is 2.24. The molecule has 0 atom stereocenters. The zero-order chi connectivity index (χ0) is 17.2. The minimum absolute atomic E-state index is 0.0362. The Morgan fingerprint density at radius 1 is 1.04 bits per heavy atom. The summed E-state index contributed by atoms with van der Waals surface area (Å²) in [4.78, 5) is 4.18. The SMILES string of the molecule is O=S(=O)(Cc1coc(-c2ccccc2)n1)Cc1c(F)cccc1Cl. The molecule has 0 aliphatic heterocycles. The highest BCUT2D eigenvalue weighted by Gasteiger charge is 2.20. The molecule has 7 heteroatoms. The first-order valence-electron chi connectivity index (χ1n) is 7.08. The van der Waals surface area contributed by atoms with Crippen molar-refractivity contribution in [1.29, 1.82) is 0 Å². The molecule has 24 heavy (non-hydrogen) atoms. The van der Waals surface area contributed by atoms with Gasteiger partial charge in [0, 0.05) is 16.1 Å². The first-order valence-corrected chi connectivity index (χ1v) is 9.28. The van der Waals surface area contributed by atoms with Crippen molar-refractivity contribution in [3.63, 3.8) is 0 Å². The molecule has 2 aromatic carbocycles. The summed E-state index contributed by atoms with van der Waals surface area (Å²) in [5.74, 6) is -1.15. The molecule has 0 N–H and O–H groups in total. The van der Waals surface area contributed by atoms with E-state index in [1.54, 1.807) is 0 Å². The zero-order valence-electron chi connectivity index (χ0n) is 12.4. The van der Waals surface area contributed by atoms with Crippen LogP contribution in [0.15, 0.2) is 59.2 Å². The Hall–Kier alpha value is -2.18. The molecule has 3 rings (SSSR count). The van der Waals surface area contributed by atoms with Crippen LogP contribution in [0.4, 0.5) is 4.39 Å². The van der Waals surface area contributed by atoms with Gasteiger partial charge in [0.15, 0.2) is 9.84 Å². The van der Waals surface area contributed by atoms with E-state index in [0.29, 0.717) is 5.89 Å². The van der Waals surface area contributed by atoms with Crippen LogP contribution in [-0.4, -0.2) is 13.4 Å². The van der Waals surface area contributed by atoms with Gasteiger partial charge in [-0.15, -0.1) is 0 Å². The Balaban J connectivity index is 1.79. The number of rotatable bonds is 5. The van der Waals surface area contributed by atoms with Crippen molar-refractivity contribution in [3.8, 4) is 11.5 Å². The summed E-state index contributed by atoms with van der Waals surface area (Å²) in [6.07, 6.45) is 1.29. The molecule has 1 heterocycles. The number of halogens is 2. The van der Waals surface area contributed by atoms with E-state index in [9.17, 15) is 12.8 Å². The smallest absolute Gasteiger partial charge is 0.226 e. The molecule has 0 fully saturated rings.